The molecule has 4 heterocycles. The van der Waals surface area contributed by atoms with Gasteiger partial charge >= 0.3 is 0 Å². The molecule has 9 aromatic rings. The second-order valence-electron chi connectivity index (χ2n) is 19.7. The van der Waals surface area contributed by atoms with E-state index in [2.05, 4.69) is 254 Å². The van der Waals surface area contributed by atoms with Crippen molar-refractivity contribution in [3.63, 3.8) is 0 Å². The Balaban J connectivity index is 1.12. The van der Waals surface area contributed by atoms with E-state index in [9.17, 15) is 0 Å². The SMILES string of the molecule is CC(C)(C)c1cccc(N2CN(c3cc(-c4ccccc4)cc(N(c4ccccc4)c4ccc5c(c4)N(c4cc(C(C)(C)C)ccn4)c4ccncc4-c4ccccc4-5)c3)c3ccccc32)c1. The minimum atomic E-state index is -0.0762. The van der Waals surface area contributed by atoms with E-state index in [0.29, 0.717) is 6.67 Å². The van der Waals surface area contributed by atoms with Crippen LogP contribution in [0.4, 0.5) is 57.0 Å². The summed E-state index contributed by atoms with van der Waals surface area (Å²) in [4.78, 5) is 19.4. The Morgan fingerprint density at radius 1 is 0.418 bits per heavy atom. The summed E-state index contributed by atoms with van der Waals surface area (Å²) in [5.41, 5.74) is 19.1. The summed E-state index contributed by atoms with van der Waals surface area (Å²) in [6.45, 7) is 14.3. The molecule has 6 nitrogen and oxygen atoms in total. The highest BCUT2D eigenvalue weighted by Crippen LogP contribution is 2.53. The molecule has 7 aromatic carbocycles. The van der Waals surface area contributed by atoms with Gasteiger partial charge in [-0.3, -0.25) is 9.88 Å². The Hall–Kier alpha value is -7.96. The van der Waals surface area contributed by atoms with Gasteiger partial charge in [-0.1, -0.05) is 145 Å². The third-order valence-corrected chi connectivity index (χ3v) is 13.2. The number of anilines is 10. The summed E-state index contributed by atoms with van der Waals surface area (Å²) < 4.78 is 0. The zero-order chi connectivity index (χ0) is 45.9. The molecular weight excluding hydrogens is 817 g/mol. The Bertz CT molecular complexity index is 3270. The van der Waals surface area contributed by atoms with Crippen LogP contribution in [0.15, 0.2) is 207 Å². The van der Waals surface area contributed by atoms with Crippen LogP contribution in [0.1, 0.15) is 52.7 Å². The Morgan fingerprint density at radius 3 is 1.81 bits per heavy atom. The molecule has 2 aliphatic rings. The van der Waals surface area contributed by atoms with Crippen LogP contribution in [0, 0.1) is 0 Å². The maximum absolute atomic E-state index is 5.12. The van der Waals surface area contributed by atoms with Crippen molar-refractivity contribution in [2.75, 3.05) is 26.3 Å². The van der Waals surface area contributed by atoms with Gasteiger partial charge in [0.1, 0.15) is 12.5 Å². The van der Waals surface area contributed by atoms with Crippen molar-refractivity contribution in [2.45, 2.75) is 52.4 Å². The first-order chi connectivity index (χ1) is 32.5. The molecular formula is C61H54N6. The number of fused-ring (bicyclic) bond motifs is 6. The van der Waals surface area contributed by atoms with Crippen molar-refractivity contribution in [3.05, 3.63) is 218 Å². The van der Waals surface area contributed by atoms with Crippen LogP contribution in [0.25, 0.3) is 33.4 Å². The van der Waals surface area contributed by atoms with E-state index >= 15 is 0 Å². The van der Waals surface area contributed by atoms with Gasteiger partial charge in [0.05, 0.1) is 22.7 Å². The topological polar surface area (TPSA) is 38.7 Å². The molecule has 0 bridgehead atoms. The van der Waals surface area contributed by atoms with Crippen LogP contribution < -0.4 is 19.6 Å². The maximum Gasteiger partial charge on any atom is 0.137 e. The second-order valence-corrected chi connectivity index (χ2v) is 19.7. The standard InChI is InChI=1S/C61H54N6/c1-60(2,3)44-20-17-23-47(36-44)64-41-65(57-27-16-15-26-56(57)64)49-34-43(42-18-9-7-10-19-42)35-50(38-49)66(46-21-11-8-12-22-46)48-28-29-53-51-24-13-14-25-52(51)54-40-62-32-31-55(54)67(58(53)39-48)59-37-45(30-33-63-59)61(4,5)6/h7-40H,41H2,1-6H3. The molecule has 0 amide bonds. The van der Waals surface area contributed by atoms with Gasteiger partial charge in [-0.2, -0.15) is 0 Å². The first kappa shape index (κ1) is 41.7. The minimum Gasteiger partial charge on any atom is -0.321 e. The number of para-hydroxylation sites is 3. The van der Waals surface area contributed by atoms with E-state index in [1.165, 1.54) is 28.2 Å². The molecule has 6 heteroatoms. The van der Waals surface area contributed by atoms with Crippen molar-refractivity contribution in [2.24, 2.45) is 0 Å². The molecule has 67 heavy (non-hydrogen) atoms. The van der Waals surface area contributed by atoms with Gasteiger partial charge in [0, 0.05) is 58.2 Å². The van der Waals surface area contributed by atoms with Gasteiger partial charge in [-0.15, -0.1) is 0 Å². The quantitative estimate of drug-likeness (QED) is 0.159. The van der Waals surface area contributed by atoms with Gasteiger partial charge in [0.25, 0.3) is 0 Å². The predicted octanol–water partition coefficient (Wildman–Crippen LogP) is 16.6. The predicted molar refractivity (Wildman–Crippen MR) is 281 cm³/mol. The largest absolute Gasteiger partial charge is 0.321 e. The van der Waals surface area contributed by atoms with Crippen molar-refractivity contribution in [1.82, 2.24) is 9.97 Å². The van der Waals surface area contributed by atoms with Crippen LogP contribution in [0.2, 0.25) is 0 Å². The summed E-state index contributed by atoms with van der Waals surface area (Å²) in [6.07, 6.45) is 5.83. The van der Waals surface area contributed by atoms with Crippen LogP contribution in [-0.4, -0.2) is 16.6 Å². The monoisotopic (exact) mass is 870 g/mol. The molecule has 0 fully saturated rings. The molecule has 0 N–H and O–H groups in total. The normalized spacial score (nSPS) is 13.1. The summed E-state index contributed by atoms with van der Waals surface area (Å²) >= 11 is 0. The summed E-state index contributed by atoms with van der Waals surface area (Å²) in [5.74, 6) is 0.857. The maximum atomic E-state index is 5.12. The third kappa shape index (κ3) is 7.68. The van der Waals surface area contributed by atoms with Crippen molar-refractivity contribution >= 4 is 57.0 Å². The molecule has 328 valence electrons. The average Bonchev–Trinajstić information content (AvgIpc) is 3.69. The smallest absolute Gasteiger partial charge is 0.137 e. The van der Waals surface area contributed by atoms with E-state index in [1.54, 1.807) is 0 Å². The van der Waals surface area contributed by atoms with Crippen LogP contribution in [0.5, 0.6) is 0 Å². The number of aromatic nitrogens is 2. The molecule has 2 aliphatic heterocycles. The van der Waals surface area contributed by atoms with Crippen LogP contribution in [0.3, 0.4) is 0 Å². The Morgan fingerprint density at radius 2 is 1.07 bits per heavy atom. The highest BCUT2D eigenvalue weighted by molar-refractivity contribution is 6.03. The highest BCUT2D eigenvalue weighted by atomic mass is 15.4. The van der Waals surface area contributed by atoms with E-state index in [0.717, 1.165) is 73.3 Å². The van der Waals surface area contributed by atoms with Crippen molar-refractivity contribution in [3.8, 4) is 33.4 Å². The van der Waals surface area contributed by atoms with Crippen molar-refractivity contribution in [1.29, 1.82) is 0 Å². The van der Waals surface area contributed by atoms with Gasteiger partial charge in [-0.05, 0) is 129 Å². The van der Waals surface area contributed by atoms with Gasteiger partial charge in [0.2, 0.25) is 0 Å². The molecule has 0 atom stereocenters. The average molecular weight is 871 g/mol. The lowest BCUT2D eigenvalue weighted by atomic mass is 9.87. The first-order valence-corrected chi connectivity index (χ1v) is 23.2. The summed E-state index contributed by atoms with van der Waals surface area (Å²) in [5, 5.41) is 0. The fraction of sp³-hybridized carbons (Fsp3) is 0.148. The second kappa shape index (κ2) is 16.5. The number of rotatable bonds is 7. The number of hydrogen-bond acceptors (Lipinski definition) is 6. The molecule has 0 aliphatic carbocycles. The summed E-state index contributed by atoms with van der Waals surface area (Å²) in [7, 11) is 0. The minimum absolute atomic E-state index is 0.0263. The van der Waals surface area contributed by atoms with E-state index in [-0.39, 0.29) is 10.8 Å². The van der Waals surface area contributed by atoms with Crippen molar-refractivity contribution < 1.29 is 0 Å². The number of hydrogen-bond donors (Lipinski definition) is 0. The molecule has 0 spiro atoms. The number of benzene rings is 7. The van der Waals surface area contributed by atoms with E-state index in [4.69, 9.17) is 4.98 Å². The van der Waals surface area contributed by atoms with Crippen LogP contribution in [-0.2, 0) is 10.8 Å². The summed E-state index contributed by atoms with van der Waals surface area (Å²) in [6, 6.07) is 68.5. The number of pyridine rings is 2. The lowest BCUT2D eigenvalue weighted by Gasteiger charge is -2.31. The molecule has 0 saturated carbocycles. The fourth-order valence-electron chi connectivity index (χ4n) is 9.70. The molecule has 0 unspecified atom stereocenters. The Kier molecular flexibility index (Phi) is 10.3. The lowest BCUT2D eigenvalue weighted by molar-refractivity contribution is 0.589. The highest BCUT2D eigenvalue weighted by Gasteiger charge is 2.32. The molecule has 2 aromatic heterocycles. The zero-order valence-corrected chi connectivity index (χ0v) is 39.0. The van der Waals surface area contributed by atoms with Gasteiger partial charge in [-0.25, -0.2) is 4.98 Å². The van der Waals surface area contributed by atoms with E-state index < -0.39 is 0 Å². The van der Waals surface area contributed by atoms with Gasteiger partial charge in [0.15, 0.2) is 0 Å². The molecule has 0 saturated heterocycles. The number of nitrogens with zero attached hydrogens (tertiary/aromatic N) is 6. The Labute approximate surface area is 395 Å². The lowest BCUT2D eigenvalue weighted by Crippen LogP contribution is -2.24. The van der Waals surface area contributed by atoms with Crippen LogP contribution >= 0.6 is 0 Å². The fourth-order valence-corrected chi connectivity index (χ4v) is 9.70. The molecule has 11 rings (SSSR count). The zero-order valence-electron chi connectivity index (χ0n) is 39.0. The van der Waals surface area contributed by atoms with Gasteiger partial charge < -0.3 is 14.7 Å². The van der Waals surface area contributed by atoms with E-state index in [1.807, 2.05) is 18.6 Å². The molecule has 0 radical (unpaired) electrons. The third-order valence-electron chi connectivity index (χ3n) is 13.2. The first-order valence-electron chi connectivity index (χ1n) is 23.2.